The summed E-state index contributed by atoms with van der Waals surface area (Å²) in [4.78, 5) is 0. The molecule has 1 unspecified atom stereocenters. The lowest BCUT2D eigenvalue weighted by Gasteiger charge is -2.35. The molecule has 114 valence electrons. The number of aliphatic hydroxyl groups is 1. The molecule has 1 aliphatic heterocycles. The highest BCUT2D eigenvalue weighted by molar-refractivity contribution is 6.33. The minimum atomic E-state index is -1.00. The van der Waals surface area contributed by atoms with Crippen LogP contribution in [-0.4, -0.2) is 32.5 Å². The molecule has 0 spiro atoms. The van der Waals surface area contributed by atoms with Gasteiger partial charge in [0.15, 0.2) is 11.5 Å². The van der Waals surface area contributed by atoms with E-state index in [1.165, 1.54) is 14.2 Å². The summed E-state index contributed by atoms with van der Waals surface area (Å²) in [6.07, 6.45) is -0.0660. The number of methoxy groups -OCH3 is 2. The van der Waals surface area contributed by atoms with E-state index in [2.05, 4.69) is 6.07 Å². The maximum atomic E-state index is 10.7. The van der Waals surface area contributed by atoms with Crippen LogP contribution in [0.25, 0.3) is 0 Å². The van der Waals surface area contributed by atoms with Crippen LogP contribution in [0.5, 0.6) is 11.5 Å². The van der Waals surface area contributed by atoms with Crippen LogP contribution in [0, 0.1) is 16.7 Å². The van der Waals surface area contributed by atoms with Gasteiger partial charge in [0.1, 0.15) is 0 Å². The first-order valence-electron chi connectivity index (χ1n) is 6.67. The highest BCUT2D eigenvalue weighted by Crippen LogP contribution is 2.47. The highest BCUT2D eigenvalue weighted by Gasteiger charge is 2.42. The second kappa shape index (κ2) is 6.52. The largest absolute Gasteiger partial charge is 0.493 e. The number of hydrogen-bond donors (Lipinski definition) is 1. The van der Waals surface area contributed by atoms with Gasteiger partial charge in [0.25, 0.3) is 0 Å². The topological polar surface area (TPSA) is 71.7 Å². The fraction of sp³-hybridized carbons (Fsp3) is 0.533. The van der Waals surface area contributed by atoms with Crippen molar-refractivity contribution in [2.75, 3.05) is 27.4 Å². The molecule has 0 radical (unpaired) electrons. The summed E-state index contributed by atoms with van der Waals surface area (Å²) in [5, 5.41) is 20.5. The molecule has 2 rings (SSSR count). The van der Waals surface area contributed by atoms with Gasteiger partial charge in [-0.3, -0.25) is 0 Å². The maximum Gasteiger partial charge on any atom is 0.179 e. The molecule has 1 atom stereocenters. The Balaban J connectivity index is 2.43. The van der Waals surface area contributed by atoms with Crippen molar-refractivity contribution in [1.82, 2.24) is 0 Å². The van der Waals surface area contributed by atoms with Gasteiger partial charge < -0.3 is 19.3 Å². The van der Waals surface area contributed by atoms with Crippen molar-refractivity contribution >= 4 is 11.6 Å². The first kappa shape index (κ1) is 15.9. The van der Waals surface area contributed by atoms with Crippen molar-refractivity contribution in [3.05, 3.63) is 22.7 Å². The number of hydrogen-bond acceptors (Lipinski definition) is 5. The second-order valence-electron chi connectivity index (χ2n) is 4.99. The summed E-state index contributed by atoms with van der Waals surface area (Å²) >= 11 is 6.32. The lowest BCUT2D eigenvalue weighted by molar-refractivity contribution is -0.0310. The van der Waals surface area contributed by atoms with E-state index < -0.39 is 11.5 Å². The fourth-order valence-corrected chi connectivity index (χ4v) is 2.93. The van der Waals surface area contributed by atoms with Gasteiger partial charge in [0, 0.05) is 18.8 Å². The van der Waals surface area contributed by atoms with E-state index >= 15 is 0 Å². The summed E-state index contributed by atoms with van der Waals surface area (Å²) in [7, 11) is 2.99. The van der Waals surface area contributed by atoms with Crippen LogP contribution in [0.4, 0.5) is 0 Å². The first-order valence-corrected chi connectivity index (χ1v) is 7.05. The third-order valence-electron chi connectivity index (χ3n) is 3.94. The van der Waals surface area contributed by atoms with Crippen LogP contribution >= 0.6 is 11.6 Å². The molecule has 0 saturated carbocycles. The molecule has 0 aliphatic carbocycles. The molecule has 1 saturated heterocycles. The van der Waals surface area contributed by atoms with E-state index in [0.29, 0.717) is 43.1 Å². The van der Waals surface area contributed by atoms with Gasteiger partial charge in [-0.15, -0.1) is 0 Å². The number of nitrogens with zero attached hydrogens (tertiary/aromatic N) is 1. The predicted molar refractivity (Wildman–Crippen MR) is 77.6 cm³/mol. The van der Waals surface area contributed by atoms with Crippen LogP contribution in [0.2, 0.25) is 5.02 Å². The number of nitriles is 1. The average Bonchev–Trinajstić information content (AvgIpc) is 2.54. The smallest absolute Gasteiger partial charge is 0.179 e. The van der Waals surface area contributed by atoms with Crippen molar-refractivity contribution in [1.29, 1.82) is 5.26 Å². The molecule has 0 amide bonds. The van der Waals surface area contributed by atoms with Crippen molar-refractivity contribution in [2.24, 2.45) is 5.41 Å². The molecule has 1 N–H and O–H groups in total. The SMILES string of the molecule is COc1ccc(C(O)C2(C#N)CCOCC2)c(Cl)c1OC. The average molecular weight is 312 g/mol. The molecule has 0 bridgehead atoms. The van der Waals surface area contributed by atoms with E-state index in [1.807, 2.05) is 0 Å². The van der Waals surface area contributed by atoms with Gasteiger partial charge in [-0.2, -0.15) is 5.26 Å². The number of benzene rings is 1. The predicted octanol–water partition coefficient (Wildman–Crippen LogP) is 2.71. The molecule has 0 aromatic heterocycles. The Morgan fingerprint density at radius 2 is 2.00 bits per heavy atom. The lowest BCUT2D eigenvalue weighted by atomic mass is 9.74. The van der Waals surface area contributed by atoms with Gasteiger partial charge in [-0.1, -0.05) is 17.7 Å². The van der Waals surface area contributed by atoms with Crippen LogP contribution in [0.1, 0.15) is 24.5 Å². The molecule has 1 aliphatic rings. The molecular weight excluding hydrogens is 294 g/mol. The third kappa shape index (κ3) is 2.80. The van der Waals surface area contributed by atoms with E-state index in [-0.39, 0.29) is 5.02 Å². The molecule has 21 heavy (non-hydrogen) atoms. The Morgan fingerprint density at radius 1 is 1.33 bits per heavy atom. The zero-order chi connectivity index (χ0) is 15.5. The van der Waals surface area contributed by atoms with Gasteiger partial charge in [-0.25, -0.2) is 0 Å². The molecule has 5 nitrogen and oxygen atoms in total. The number of aliphatic hydroxyl groups excluding tert-OH is 1. The standard InChI is InChI=1S/C15H18ClNO4/c1-19-11-4-3-10(12(16)13(11)20-2)14(18)15(9-17)5-7-21-8-6-15/h3-4,14,18H,5-8H2,1-2H3. The van der Waals surface area contributed by atoms with Crippen LogP contribution in [0.3, 0.4) is 0 Å². The number of ether oxygens (including phenoxy) is 3. The summed E-state index contributed by atoms with van der Waals surface area (Å²) in [6.45, 7) is 0.908. The first-order chi connectivity index (χ1) is 10.1. The maximum absolute atomic E-state index is 10.7. The normalized spacial score (nSPS) is 18.6. The van der Waals surface area contributed by atoms with Crippen molar-refractivity contribution in [3.8, 4) is 17.6 Å². The molecule has 6 heteroatoms. The van der Waals surface area contributed by atoms with Gasteiger partial charge in [0.2, 0.25) is 0 Å². The van der Waals surface area contributed by atoms with Crippen LogP contribution in [-0.2, 0) is 4.74 Å². The number of rotatable bonds is 4. The summed E-state index contributed by atoms with van der Waals surface area (Å²) < 4.78 is 15.7. The van der Waals surface area contributed by atoms with Gasteiger partial charge in [0.05, 0.1) is 36.8 Å². The quantitative estimate of drug-likeness (QED) is 0.925. The monoisotopic (exact) mass is 311 g/mol. The van der Waals surface area contributed by atoms with E-state index in [1.54, 1.807) is 12.1 Å². The van der Waals surface area contributed by atoms with E-state index in [0.717, 1.165) is 0 Å². The minimum Gasteiger partial charge on any atom is -0.493 e. The zero-order valence-corrected chi connectivity index (χ0v) is 12.8. The van der Waals surface area contributed by atoms with Crippen molar-refractivity contribution < 1.29 is 19.3 Å². The van der Waals surface area contributed by atoms with Gasteiger partial charge >= 0.3 is 0 Å². The molecular formula is C15H18ClNO4. The third-order valence-corrected chi connectivity index (χ3v) is 4.33. The second-order valence-corrected chi connectivity index (χ2v) is 5.37. The van der Waals surface area contributed by atoms with Crippen molar-refractivity contribution in [2.45, 2.75) is 18.9 Å². The minimum absolute atomic E-state index is 0.269. The Bertz CT molecular complexity index is 549. The van der Waals surface area contributed by atoms with E-state index in [9.17, 15) is 10.4 Å². The molecule has 1 heterocycles. The highest BCUT2D eigenvalue weighted by atomic mass is 35.5. The molecule has 1 fully saturated rings. The molecule has 1 aromatic rings. The van der Waals surface area contributed by atoms with E-state index in [4.69, 9.17) is 25.8 Å². The number of halogens is 1. The Hall–Kier alpha value is -1.48. The molecule has 1 aromatic carbocycles. The summed E-state index contributed by atoms with van der Waals surface area (Å²) in [6, 6.07) is 5.59. The Labute approximate surface area is 129 Å². The summed E-state index contributed by atoms with van der Waals surface area (Å²) in [5.41, 5.74) is -0.417. The van der Waals surface area contributed by atoms with Gasteiger partial charge in [-0.05, 0) is 18.9 Å². The zero-order valence-electron chi connectivity index (χ0n) is 12.1. The Morgan fingerprint density at radius 3 is 2.52 bits per heavy atom. The van der Waals surface area contributed by atoms with Crippen LogP contribution in [0.15, 0.2) is 12.1 Å². The lowest BCUT2D eigenvalue weighted by Crippen LogP contribution is -2.34. The summed E-state index contributed by atoms with van der Waals surface area (Å²) in [5.74, 6) is 0.840. The van der Waals surface area contributed by atoms with Crippen LogP contribution < -0.4 is 9.47 Å². The van der Waals surface area contributed by atoms with Crippen molar-refractivity contribution in [3.63, 3.8) is 0 Å². The fourth-order valence-electron chi connectivity index (χ4n) is 2.60. The Kier molecular flexibility index (Phi) is 4.94.